The van der Waals surface area contributed by atoms with Crippen LogP contribution in [0.1, 0.15) is 19.8 Å². The Balaban J connectivity index is 2.95. The van der Waals surface area contributed by atoms with Crippen LogP contribution in [0.25, 0.3) is 0 Å². The molecule has 1 aromatic rings. The Morgan fingerprint density at radius 3 is 2.33 bits per heavy atom. The molecule has 116 valence electrons. The van der Waals surface area contributed by atoms with Gasteiger partial charge in [0, 0.05) is 23.9 Å². The Hall–Kier alpha value is -2.44. The molecule has 4 N–H and O–H groups in total. The number of oxime groups is 1. The van der Waals surface area contributed by atoms with Gasteiger partial charge in [-0.05, 0) is 6.42 Å². The quantitative estimate of drug-likeness (QED) is 0.308. The lowest BCUT2D eigenvalue weighted by molar-refractivity contribution is -0.118. The van der Waals surface area contributed by atoms with Crippen LogP contribution in [0.5, 0.6) is 11.5 Å². The van der Waals surface area contributed by atoms with E-state index in [4.69, 9.17) is 20.4 Å². The lowest BCUT2D eigenvalue weighted by atomic mass is 10.0. The zero-order valence-electron chi connectivity index (χ0n) is 12.4. The summed E-state index contributed by atoms with van der Waals surface area (Å²) in [6.07, 6.45) is 1.22. The van der Waals surface area contributed by atoms with E-state index in [-0.39, 0.29) is 11.7 Å². The van der Waals surface area contributed by atoms with Gasteiger partial charge in [-0.25, -0.2) is 0 Å². The van der Waals surface area contributed by atoms with Crippen LogP contribution in [-0.2, 0) is 4.79 Å². The molecule has 0 saturated carbocycles. The smallest absolute Gasteiger partial charge is 0.235 e. The van der Waals surface area contributed by atoms with Crippen LogP contribution in [0.15, 0.2) is 23.4 Å². The fraction of sp³-hybridized carbons (Fsp3) is 0.429. The molecule has 0 aliphatic heterocycles. The second-order valence-corrected chi connectivity index (χ2v) is 4.46. The van der Waals surface area contributed by atoms with Crippen LogP contribution in [0.2, 0.25) is 0 Å². The van der Waals surface area contributed by atoms with Crippen LogP contribution in [-0.4, -0.2) is 31.2 Å². The molecule has 0 spiro atoms. The SMILES string of the molecule is CCCC(C(=O)Nc1cc(OC)cc(OC)c1)C(N)=NO. The van der Waals surface area contributed by atoms with Crippen molar-refractivity contribution < 1.29 is 19.5 Å². The lowest BCUT2D eigenvalue weighted by Crippen LogP contribution is -2.34. The minimum absolute atomic E-state index is 0.107. The normalized spacial score (nSPS) is 12.6. The largest absolute Gasteiger partial charge is 0.497 e. The van der Waals surface area contributed by atoms with Crippen molar-refractivity contribution in [3.63, 3.8) is 0 Å². The van der Waals surface area contributed by atoms with Gasteiger partial charge >= 0.3 is 0 Å². The molecule has 7 nitrogen and oxygen atoms in total. The van der Waals surface area contributed by atoms with Gasteiger partial charge in [-0.2, -0.15) is 0 Å². The van der Waals surface area contributed by atoms with Gasteiger partial charge in [-0.3, -0.25) is 4.79 Å². The van der Waals surface area contributed by atoms with Gasteiger partial charge in [0.05, 0.1) is 20.1 Å². The summed E-state index contributed by atoms with van der Waals surface area (Å²) in [6, 6.07) is 5.02. The number of benzene rings is 1. The fourth-order valence-corrected chi connectivity index (χ4v) is 1.88. The topological polar surface area (TPSA) is 106 Å². The van der Waals surface area contributed by atoms with Crippen molar-refractivity contribution in [3.05, 3.63) is 18.2 Å². The lowest BCUT2D eigenvalue weighted by Gasteiger charge is -2.15. The average Bonchev–Trinajstić information content (AvgIpc) is 2.51. The van der Waals surface area contributed by atoms with Gasteiger partial charge in [0.25, 0.3) is 0 Å². The molecule has 0 saturated heterocycles. The van der Waals surface area contributed by atoms with Crippen LogP contribution in [0, 0.1) is 5.92 Å². The van der Waals surface area contributed by atoms with Gasteiger partial charge in [0.15, 0.2) is 5.84 Å². The van der Waals surface area contributed by atoms with Crippen molar-refractivity contribution in [2.24, 2.45) is 16.8 Å². The number of carbonyl (C=O) groups excluding carboxylic acids is 1. The van der Waals surface area contributed by atoms with Gasteiger partial charge in [0.2, 0.25) is 5.91 Å². The summed E-state index contributed by atoms with van der Waals surface area (Å²) in [5, 5.41) is 14.4. The van der Waals surface area contributed by atoms with E-state index in [1.54, 1.807) is 18.2 Å². The molecule has 0 radical (unpaired) electrons. The number of nitrogens with two attached hydrogens (primary N) is 1. The van der Waals surface area contributed by atoms with Crippen LogP contribution in [0.4, 0.5) is 5.69 Å². The molecule has 0 heterocycles. The second-order valence-electron chi connectivity index (χ2n) is 4.46. The van der Waals surface area contributed by atoms with E-state index in [9.17, 15) is 4.79 Å². The van der Waals surface area contributed by atoms with E-state index < -0.39 is 5.92 Å². The Bertz CT molecular complexity index is 495. The molecule has 1 amide bonds. The number of hydrogen-bond donors (Lipinski definition) is 3. The Morgan fingerprint density at radius 2 is 1.90 bits per heavy atom. The predicted octanol–water partition coefficient (Wildman–Crippen LogP) is 1.80. The summed E-state index contributed by atoms with van der Waals surface area (Å²) >= 11 is 0. The third-order valence-electron chi connectivity index (χ3n) is 2.99. The first-order valence-corrected chi connectivity index (χ1v) is 6.57. The number of methoxy groups -OCH3 is 2. The number of amidine groups is 1. The molecule has 1 atom stereocenters. The van der Waals surface area contributed by atoms with E-state index in [0.29, 0.717) is 23.6 Å². The molecule has 0 aliphatic carbocycles. The molecule has 0 aromatic heterocycles. The zero-order valence-corrected chi connectivity index (χ0v) is 12.4. The first kappa shape index (κ1) is 16.6. The number of carbonyl (C=O) groups is 1. The molecule has 1 aromatic carbocycles. The predicted molar refractivity (Wildman–Crippen MR) is 80.0 cm³/mol. The average molecular weight is 295 g/mol. The number of ether oxygens (including phenoxy) is 2. The van der Waals surface area contributed by atoms with Crippen LogP contribution in [0.3, 0.4) is 0 Å². The molecule has 1 unspecified atom stereocenters. The maximum atomic E-state index is 12.2. The minimum atomic E-state index is -0.683. The number of nitrogens with zero attached hydrogens (tertiary/aromatic N) is 1. The number of nitrogens with one attached hydrogen (secondary N) is 1. The third kappa shape index (κ3) is 4.55. The highest BCUT2D eigenvalue weighted by molar-refractivity contribution is 6.07. The standard InChI is InChI=1S/C14H21N3O4/c1-4-5-12(13(15)17-19)14(18)16-9-6-10(20-2)8-11(7-9)21-3/h6-8,12,19H,4-5H2,1-3H3,(H2,15,17)(H,16,18). The van der Waals surface area contributed by atoms with Crippen molar-refractivity contribution in [1.82, 2.24) is 0 Å². The number of amides is 1. The summed E-state index contributed by atoms with van der Waals surface area (Å²) in [5.74, 6) is -0.0233. The first-order chi connectivity index (χ1) is 10.0. The minimum Gasteiger partial charge on any atom is -0.497 e. The maximum Gasteiger partial charge on any atom is 0.235 e. The summed E-state index contributed by atoms with van der Waals surface area (Å²) in [5.41, 5.74) is 6.08. The van der Waals surface area contributed by atoms with Crippen LogP contribution < -0.4 is 20.5 Å². The van der Waals surface area contributed by atoms with E-state index >= 15 is 0 Å². The van der Waals surface area contributed by atoms with Crippen molar-refractivity contribution in [3.8, 4) is 11.5 Å². The summed E-state index contributed by atoms with van der Waals surface area (Å²) in [7, 11) is 3.05. The monoisotopic (exact) mass is 295 g/mol. The Morgan fingerprint density at radius 1 is 1.33 bits per heavy atom. The maximum absolute atomic E-state index is 12.2. The van der Waals surface area contributed by atoms with E-state index in [1.807, 2.05) is 6.92 Å². The number of rotatable bonds is 7. The highest BCUT2D eigenvalue weighted by atomic mass is 16.5. The van der Waals surface area contributed by atoms with Gasteiger partial charge in [0.1, 0.15) is 11.5 Å². The molecule has 0 fully saturated rings. The highest BCUT2D eigenvalue weighted by Gasteiger charge is 2.22. The summed E-state index contributed by atoms with van der Waals surface area (Å²) in [4.78, 5) is 12.2. The Labute approximate surface area is 123 Å². The summed E-state index contributed by atoms with van der Waals surface area (Å²) in [6.45, 7) is 1.92. The van der Waals surface area contributed by atoms with Gasteiger partial charge in [-0.1, -0.05) is 18.5 Å². The summed E-state index contributed by atoms with van der Waals surface area (Å²) < 4.78 is 10.3. The highest BCUT2D eigenvalue weighted by Crippen LogP contribution is 2.26. The first-order valence-electron chi connectivity index (χ1n) is 6.57. The number of hydrogen-bond acceptors (Lipinski definition) is 5. The van der Waals surface area contributed by atoms with Crippen molar-refractivity contribution in [2.45, 2.75) is 19.8 Å². The van der Waals surface area contributed by atoms with Gasteiger partial charge in [-0.15, -0.1) is 0 Å². The molecule has 1 rings (SSSR count). The second kappa shape index (κ2) is 7.98. The van der Waals surface area contributed by atoms with Crippen molar-refractivity contribution in [2.75, 3.05) is 19.5 Å². The molecular formula is C14H21N3O4. The van der Waals surface area contributed by atoms with E-state index in [0.717, 1.165) is 6.42 Å². The van der Waals surface area contributed by atoms with Crippen molar-refractivity contribution >= 4 is 17.4 Å². The van der Waals surface area contributed by atoms with Crippen molar-refractivity contribution in [1.29, 1.82) is 0 Å². The Kier molecular flexibility index (Phi) is 6.32. The molecule has 21 heavy (non-hydrogen) atoms. The van der Waals surface area contributed by atoms with Crippen LogP contribution >= 0.6 is 0 Å². The van der Waals surface area contributed by atoms with E-state index in [1.165, 1.54) is 14.2 Å². The van der Waals surface area contributed by atoms with E-state index in [2.05, 4.69) is 10.5 Å². The molecular weight excluding hydrogens is 274 g/mol. The zero-order chi connectivity index (χ0) is 15.8. The molecule has 0 aliphatic rings. The third-order valence-corrected chi connectivity index (χ3v) is 2.99. The molecule has 7 heteroatoms. The molecule has 0 bridgehead atoms. The van der Waals surface area contributed by atoms with Gasteiger partial charge < -0.3 is 25.7 Å². The fourth-order valence-electron chi connectivity index (χ4n) is 1.88. The number of anilines is 1.